The van der Waals surface area contributed by atoms with Crippen LogP contribution in [-0.4, -0.2) is 25.9 Å². The van der Waals surface area contributed by atoms with E-state index in [0.29, 0.717) is 29.7 Å². The normalized spacial score (nSPS) is 11.4. The predicted molar refractivity (Wildman–Crippen MR) is 94.6 cm³/mol. The van der Waals surface area contributed by atoms with Crippen molar-refractivity contribution in [1.29, 1.82) is 0 Å². The summed E-state index contributed by atoms with van der Waals surface area (Å²) >= 11 is 0. The maximum absolute atomic E-state index is 10.9. The Balaban J connectivity index is 0.00000261. The molecule has 1 unspecified atom stereocenters. The zero-order chi connectivity index (χ0) is 18.7. The van der Waals surface area contributed by atoms with Crippen LogP contribution >= 0.6 is 0 Å². The van der Waals surface area contributed by atoms with Gasteiger partial charge in [0.25, 0.3) is 0 Å². The smallest absolute Gasteiger partial charge is 0.545 e. The quantitative estimate of drug-likeness (QED) is 0.365. The molecule has 1 atom stereocenters. The fourth-order valence-electron chi connectivity index (χ4n) is 2.68. The van der Waals surface area contributed by atoms with Gasteiger partial charge in [-0.05, 0) is 17.5 Å². The van der Waals surface area contributed by atoms with Crippen molar-refractivity contribution in [3.8, 4) is 12.3 Å². The molecule has 2 heterocycles. The standard InChI is InChI=1S/C18H16N6O2.Na/c1-2-3-12(10-4-6-11(7-5-10)17(25)26)8-13-9-21-16-14(22-13)15(19)23-18(20)24-16;/h1,4-7,9,12H,3,8H2,(H,25,26)(H4,19,20,21,23,24);/q;+1/p-1. The largest absolute Gasteiger partial charge is 1.00 e. The summed E-state index contributed by atoms with van der Waals surface area (Å²) in [5.41, 5.74) is 13.8. The van der Waals surface area contributed by atoms with Gasteiger partial charge in [0.05, 0.1) is 17.9 Å². The molecule has 0 bridgehead atoms. The Morgan fingerprint density at radius 1 is 1.19 bits per heavy atom. The van der Waals surface area contributed by atoms with E-state index < -0.39 is 5.97 Å². The molecule has 0 aliphatic heterocycles. The Morgan fingerprint density at radius 2 is 1.89 bits per heavy atom. The van der Waals surface area contributed by atoms with Gasteiger partial charge in [0.1, 0.15) is 0 Å². The van der Waals surface area contributed by atoms with Gasteiger partial charge in [-0.3, -0.25) is 0 Å². The fraction of sp³-hybridized carbons (Fsp3) is 0.167. The number of nitrogens with two attached hydrogens (primary N) is 2. The third kappa shape index (κ3) is 4.71. The number of carboxylic acid groups (broad SMARTS) is 1. The molecule has 0 saturated heterocycles. The van der Waals surface area contributed by atoms with Crippen molar-refractivity contribution in [2.24, 2.45) is 0 Å². The van der Waals surface area contributed by atoms with E-state index in [1.807, 2.05) is 0 Å². The summed E-state index contributed by atoms with van der Waals surface area (Å²) in [5, 5.41) is 10.9. The van der Waals surface area contributed by atoms with Gasteiger partial charge >= 0.3 is 29.6 Å². The van der Waals surface area contributed by atoms with E-state index in [1.54, 1.807) is 18.3 Å². The SMILES string of the molecule is C#CCC(Cc1cnc2nc(N)nc(N)c2n1)c1ccc(C(=O)[O-])cc1.[Na+]. The van der Waals surface area contributed by atoms with Gasteiger partial charge in [0.2, 0.25) is 5.95 Å². The second-order valence-electron chi connectivity index (χ2n) is 5.72. The van der Waals surface area contributed by atoms with Gasteiger partial charge in [-0.15, -0.1) is 12.3 Å². The van der Waals surface area contributed by atoms with Crippen LogP contribution in [0.15, 0.2) is 30.5 Å². The number of benzene rings is 1. The van der Waals surface area contributed by atoms with Crippen LogP contribution in [0.5, 0.6) is 0 Å². The molecule has 0 saturated carbocycles. The van der Waals surface area contributed by atoms with Crippen LogP contribution in [0.3, 0.4) is 0 Å². The molecule has 0 amide bonds. The number of terminal acetylenes is 1. The fourth-order valence-corrected chi connectivity index (χ4v) is 2.68. The Hall–Kier alpha value is -2.73. The molecule has 9 heteroatoms. The van der Waals surface area contributed by atoms with Crippen molar-refractivity contribution in [2.45, 2.75) is 18.8 Å². The van der Waals surface area contributed by atoms with Crippen LogP contribution in [0.1, 0.15) is 34.0 Å². The van der Waals surface area contributed by atoms with Crippen molar-refractivity contribution in [2.75, 3.05) is 11.5 Å². The topological polar surface area (TPSA) is 144 Å². The van der Waals surface area contributed by atoms with Gasteiger partial charge in [-0.25, -0.2) is 9.97 Å². The number of carbonyl (C=O) groups excluding carboxylic acids is 1. The predicted octanol–water partition coefficient (Wildman–Crippen LogP) is -2.70. The molecule has 0 aliphatic rings. The number of hydrogen-bond donors (Lipinski definition) is 2. The maximum atomic E-state index is 10.9. The van der Waals surface area contributed by atoms with Gasteiger partial charge in [0, 0.05) is 12.3 Å². The van der Waals surface area contributed by atoms with Crippen LogP contribution in [0.25, 0.3) is 11.2 Å². The molecule has 0 radical (unpaired) electrons. The molecule has 0 aliphatic carbocycles. The van der Waals surface area contributed by atoms with Crippen molar-refractivity contribution in [1.82, 2.24) is 19.9 Å². The van der Waals surface area contributed by atoms with Crippen LogP contribution in [0.2, 0.25) is 0 Å². The minimum atomic E-state index is -1.22. The van der Waals surface area contributed by atoms with E-state index >= 15 is 0 Å². The average Bonchev–Trinajstić information content (AvgIpc) is 2.62. The van der Waals surface area contributed by atoms with Crippen LogP contribution in [-0.2, 0) is 6.42 Å². The molecule has 0 spiro atoms. The number of aromatic carboxylic acids is 1. The Morgan fingerprint density at radius 3 is 2.52 bits per heavy atom. The molecule has 0 fully saturated rings. The zero-order valence-corrected chi connectivity index (χ0v) is 16.7. The first-order valence-corrected chi connectivity index (χ1v) is 7.77. The average molecular weight is 370 g/mol. The number of fused-ring (bicyclic) bond motifs is 1. The van der Waals surface area contributed by atoms with Gasteiger partial charge in [-0.1, -0.05) is 24.3 Å². The minimum Gasteiger partial charge on any atom is -0.545 e. The number of carboxylic acids is 1. The van der Waals surface area contributed by atoms with Crippen LogP contribution < -0.4 is 46.1 Å². The molecule has 130 valence electrons. The van der Waals surface area contributed by atoms with E-state index in [2.05, 4.69) is 25.9 Å². The summed E-state index contributed by atoms with van der Waals surface area (Å²) in [5.74, 6) is 1.56. The second-order valence-corrected chi connectivity index (χ2v) is 5.72. The van der Waals surface area contributed by atoms with E-state index in [4.69, 9.17) is 17.9 Å². The number of rotatable bonds is 5. The number of carbonyl (C=O) groups is 1. The third-order valence-corrected chi connectivity index (χ3v) is 3.94. The second kappa shape index (κ2) is 8.77. The molecule has 1 aromatic carbocycles. The van der Waals surface area contributed by atoms with E-state index in [1.165, 1.54) is 12.1 Å². The molecular weight excluding hydrogens is 355 g/mol. The Labute approximate surface area is 177 Å². The molecule has 2 aromatic heterocycles. The molecular formula is C18H15N6NaO2. The first-order chi connectivity index (χ1) is 12.5. The summed E-state index contributed by atoms with van der Waals surface area (Å²) in [6.07, 6.45) is 8.03. The monoisotopic (exact) mass is 370 g/mol. The van der Waals surface area contributed by atoms with Gasteiger partial charge in [-0.2, -0.15) is 9.97 Å². The number of nitrogen functional groups attached to an aromatic ring is 2. The molecule has 8 nitrogen and oxygen atoms in total. The Kier molecular flexibility index (Phi) is 6.69. The van der Waals surface area contributed by atoms with Gasteiger partial charge < -0.3 is 21.4 Å². The Bertz CT molecular complexity index is 1020. The van der Waals surface area contributed by atoms with Gasteiger partial charge in [0.15, 0.2) is 17.0 Å². The number of hydrogen-bond acceptors (Lipinski definition) is 8. The van der Waals surface area contributed by atoms with Crippen molar-refractivity contribution >= 4 is 28.9 Å². The number of aromatic nitrogens is 4. The maximum Gasteiger partial charge on any atom is 1.00 e. The zero-order valence-electron chi connectivity index (χ0n) is 14.7. The number of anilines is 2. The molecule has 27 heavy (non-hydrogen) atoms. The van der Waals surface area contributed by atoms with Crippen molar-refractivity contribution in [3.05, 3.63) is 47.3 Å². The number of nitrogens with zero attached hydrogens (tertiary/aromatic N) is 4. The summed E-state index contributed by atoms with van der Waals surface area (Å²) in [6.45, 7) is 0. The van der Waals surface area contributed by atoms with Crippen LogP contribution in [0.4, 0.5) is 11.8 Å². The van der Waals surface area contributed by atoms with E-state index in [-0.39, 0.29) is 52.8 Å². The van der Waals surface area contributed by atoms with Crippen LogP contribution in [0, 0.1) is 12.3 Å². The summed E-state index contributed by atoms with van der Waals surface area (Å²) in [4.78, 5) is 27.5. The van der Waals surface area contributed by atoms with Crippen molar-refractivity contribution in [3.63, 3.8) is 0 Å². The first kappa shape index (κ1) is 20.6. The summed E-state index contributed by atoms with van der Waals surface area (Å²) in [6, 6.07) is 6.43. The van der Waals surface area contributed by atoms with E-state index in [0.717, 1.165) is 5.56 Å². The first-order valence-electron chi connectivity index (χ1n) is 7.77. The van der Waals surface area contributed by atoms with Crippen molar-refractivity contribution < 1.29 is 39.5 Å². The minimum absolute atomic E-state index is 0. The summed E-state index contributed by atoms with van der Waals surface area (Å²) in [7, 11) is 0. The third-order valence-electron chi connectivity index (χ3n) is 3.94. The summed E-state index contributed by atoms with van der Waals surface area (Å²) < 4.78 is 0. The molecule has 3 aromatic rings. The molecule has 4 N–H and O–H groups in total. The van der Waals surface area contributed by atoms with E-state index in [9.17, 15) is 9.90 Å². The molecule has 3 rings (SSSR count).